The summed E-state index contributed by atoms with van der Waals surface area (Å²) in [6.07, 6.45) is 2.16. The quantitative estimate of drug-likeness (QED) is 0.483. The fourth-order valence-electron chi connectivity index (χ4n) is 3.28. The Balaban J connectivity index is 1.60. The van der Waals surface area contributed by atoms with E-state index in [1.807, 2.05) is 12.1 Å². The first-order valence-electron chi connectivity index (χ1n) is 10.3. The van der Waals surface area contributed by atoms with Crippen LogP contribution in [-0.2, 0) is 19.6 Å². The van der Waals surface area contributed by atoms with E-state index in [4.69, 9.17) is 9.47 Å². The van der Waals surface area contributed by atoms with Crippen molar-refractivity contribution in [1.82, 2.24) is 5.32 Å². The van der Waals surface area contributed by atoms with E-state index >= 15 is 0 Å². The minimum atomic E-state index is 0.409. The van der Waals surface area contributed by atoms with Crippen molar-refractivity contribution >= 4 is 0 Å². The summed E-state index contributed by atoms with van der Waals surface area (Å²) in [7, 11) is 1.69. The number of ether oxygens (including phenoxy) is 2. The summed E-state index contributed by atoms with van der Waals surface area (Å²) in [5.41, 5.74) is 4.89. The Kier molecular flexibility index (Phi) is 7.71. The van der Waals surface area contributed by atoms with Crippen molar-refractivity contribution in [2.75, 3.05) is 7.11 Å². The van der Waals surface area contributed by atoms with Crippen LogP contribution in [0.25, 0.3) is 0 Å². The molecular formula is C26H31NO2. The van der Waals surface area contributed by atoms with E-state index in [0.29, 0.717) is 12.6 Å². The number of benzene rings is 3. The summed E-state index contributed by atoms with van der Waals surface area (Å²) in [6, 6.07) is 25.5. The zero-order valence-corrected chi connectivity index (χ0v) is 17.7. The van der Waals surface area contributed by atoms with Gasteiger partial charge in [0, 0.05) is 18.2 Å². The van der Waals surface area contributed by atoms with E-state index in [0.717, 1.165) is 42.0 Å². The molecule has 29 heavy (non-hydrogen) atoms. The molecule has 0 aliphatic rings. The van der Waals surface area contributed by atoms with E-state index < -0.39 is 0 Å². The average Bonchev–Trinajstić information content (AvgIpc) is 2.76. The molecule has 0 aromatic heterocycles. The number of rotatable bonds is 10. The van der Waals surface area contributed by atoms with Crippen LogP contribution >= 0.6 is 0 Å². The van der Waals surface area contributed by atoms with Gasteiger partial charge in [-0.25, -0.2) is 0 Å². The second-order valence-corrected chi connectivity index (χ2v) is 7.53. The first-order chi connectivity index (χ1) is 14.2. The standard InChI is InChI=1S/C26H31NO2/c1-20-12-15-23(16-13-20)19-29-26-24(10-7-11-25(26)28-3)18-27-21(2)14-17-22-8-5-4-6-9-22/h4-13,15-16,21,27H,14,17-19H2,1-3H3/t21-/m0/s1. The van der Waals surface area contributed by atoms with Crippen LogP contribution < -0.4 is 14.8 Å². The van der Waals surface area contributed by atoms with Crippen LogP contribution in [-0.4, -0.2) is 13.2 Å². The predicted molar refractivity (Wildman–Crippen MR) is 120 cm³/mol. The van der Waals surface area contributed by atoms with Gasteiger partial charge in [-0.3, -0.25) is 0 Å². The lowest BCUT2D eigenvalue weighted by Crippen LogP contribution is -2.26. The first-order valence-corrected chi connectivity index (χ1v) is 10.3. The second kappa shape index (κ2) is 10.7. The summed E-state index contributed by atoms with van der Waals surface area (Å²) >= 11 is 0. The van der Waals surface area contributed by atoms with Gasteiger partial charge in [0.1, 0.15) is 6.61 Å². The highest BCUT2D eigenvalue weighted by molar-refractivity contribution is 5.46. The van der Waals surface area contributed by atoms with Gasteiger partial charge in [0.05, 0.1) is 7.11 Å². The molecule has 3 heteroatoms. The van der Waals surface area contributed by atoms with Gasteiger partial charge in [0.15, 0.2) is 11.5 Å². The molecule has 0 radical (unpaired) electrons. The van der Waals surface area contributed by atoms with E-state index in [1.54, 1.807) is 7.11 Å². The number of aryl methyl sites for hydroxylation is 2. The van der Waals surface area contributed by atoms with Crippen LogP contribution in [0, 0.1) is 6.92 Å². The van der Waals surface area contributed by atoms with Gasteiger partial charge >= 0.3 is 0 Å². The highest BCUT2D eigenvalue weighted by Crippen LogP contribution is 2.32. The lowest BCUT2D eigenvalue weighted by atomic mass is 10.1. The molecule has 0 unspecified atom stereocenters. The highest BCUT2D eigenvalue weighted by atomic mass is 16.5. The normalized spacial score (nSPS) is 11.8. The highest BCUT2D eigenvalue weighted by Gasteiger charge is 2.12. The van der Waals surface area contributed by atoms with Crippen molar-refractivity contribution in [2.24, 2.45) is 0 Å². The predicted octanol–water partition coefficient (Wildman–Crippen LogP) is 5.69. The van der Waals surface area contributed by atoms with Crippen molar-refractivity contribution in [2.45, 2.75) is 45.9 Å². The summed E-state index contributed by atoms with van der Waals surface area (Å²) < 4.78 is 11.7. The van der Waals surface area contributed by atoms with E-state index in [2.05, 4.69) is 79.8 Å². The number of hydrogen-bond donors (Lipinski definition) is 1. The molecule has 0 heterocycles. The van der Waals surface area contributed by atoms with Gasteiger partial charge in [0.2, 0.25) is 0 Å². The molecule has 3 aromatic rings. The maximum atomic E-state index is 6.18. The Morgan fingerprint density at radius 1 is 0.862 bits per heavy atom. The topological polar surface area (TPSA) is 30.5 Å². The minimum absolute atomic E-state index is 0.409. The van der Waals surface area contributed by atoms with Crippen molar-refractivity contribution in [3.63, 3.8) is 0 Å². The Labute approximate surface area is 174 Å². The molecule has 3 nitrogen and oxygen atoms in total. The number of hydrogen-bond acceptors (Lipinski definition) is 3. The third-order valence-electron chi connectivity index (χ3n) is 5.13. The van der Waals surface area contributed by atoms with E-state index in [9.17, 15) is 0 Å². The Hall–Kier alpha value is -2.78. The third-order valence-corrected chi connectivity index (χ3v) is 5.13. The summed E-state index contributed by atoms with van der Waals surface area (Å²) in [5, 5.41) is 3.63. The zero-order valence-electron chi connectivity index (χ0n) is 17.7. The Morgan fingerprint density at radius 2 is 1.62 bits per heavy atom. The molecule has 3 aromatic carbocycles. The van der Waals surface area contributed by atoms with Crippen LogP contribution in [0.4, 0.5) is 0 Å². The largest absolute Gasteiger partial charge is 0.493 e. The van der Waals surface area contributed by atoms with Gasteiger partial charge in [-0.2, -0.15) is 0 Å². The van der Waals surface area contributed by atoms with Crippen molar-refractivity contribution in [1.29, 1.82) is 0 Å². The maximum Gasteiger partial charge on any atom is 0.166 e. The maximum absolute atomic E-state index is 6.18. The van der Waals surface area contributed by atoms with Crippen LogP contribution in [0.15, 0.2) is 72.8 Å². The van der Waals surface area contributed by atoms with Crippen molar-refractivity contribution in [3.8, 4) is 11.5 Å². The molecule has 0 bridgehead atoms. The number of methoxy groups -OCH3 is 1. The van der Waals surface area contributed by atoms with Gasteiger partial charge in [0.25, 0.3) is 0 Å². The lowest BCUT2D eigenvalue weighted by Gasteiger charge is -2.18. The fraction of sp³-hybridized carbons (Fsp3) is 0.308. The number of para-hydroxylation sites is 1. The monoisotopic (exact) mass is 389 g/mol. The molecule has 0 aliphatic carbocycles. The molecule has 1 atom stereocenters. The smallest absolute Gasteiger partial charge is 0.166 e. The van der Waals surface area contributed by atoms with Gasteiger partial charge in [-0.15, -0.1) is 0 Å². The second-order valence-electron chi connectivity index (χ2n) is 7.53. The molecule has 1 N–H and O–H groups in total. The molecule has 0 aliphatic heterocycles. The molecule has 0 amide bonds. The average molecular weight is 390 g/mol. The van der Waals surface area contributed by atoms with Crippen LogP contribution in [0.1, 0.15) is 35.6 Å². The molecule has 152 valence electrons. The Bertz CT molecular complexity index is 875. The third kappa shape index (κ3) is 6.37. The molecule has 0 saturated heterocycles. The van der Waals surface area contributed by atoms with Gasteiger partial charge in [-0.1, -0.05) is 72.3 Å². The summed E-state index contributed by atoms with van der Waals surface area (Å²) in [6.45, 7) is 5.59. The lowest BCUT2D eigenvalue weighted by molar-refractivity contribution is 0.280. The summed E-state index contributed by atoms with van der Waals surface area (Å²) in [4.78, 5) is 0. The van der Waals surface area contributed by atoms with E-state index in [1.165, 1.54) is 11.1 Å². The Morgan fingerprint density at radius 3 is 2.34 bits per heavy atom. The SMILES string of the molecule is COc1cccc(CN[C@@H](C)CCc2ccccc2)c1OCc1ccc(C)cc1. The van der Waals surface area contributed by atoms with Crippen LogP contribution in [0.5, 0.6) is 11.5 Å². The van der Waals surface area contributed by atoms with E-state index in [-0.39, 0.29) is 0 Å². The van der Waals surface area contributed by atoms with Crippen molar-refractivity contribution < 1.29 is 9.47 Å². The first kappa shape index (κ1) is 20.9. The molecule has 0 fully saturated rings. The van der Waals surface area contributed by atoms with Gasteiger partial charge < -0.3 is 14.8 Å². The summed E-state index contributed by atoms with van der Waals surface area (Å²) in [5.74, 6) is 1.59. The van der Waals surface area contributed by atoms with Crippen LogP contribution in [0.2, 0.25) is 0 Å². The zero-order chi connectivity index (χ0) is 20.5. The van der Waals surface area contributed by atoms with Crippen LogP contribution in [0.3, 0.4) is 0 Å². The number of nitrogens with one attached hydrogen (secondary N) is 1. The molecule has 0 saturated carbocycles. The van der Waals surface area contributed by atoms with Gasteiger partial charge in [-0.05, 0) is 43.9 Å². The molecule has 3 rings (SSSR count). The minimum Gasteiger partial charge on any atom is -0.493 e. The molecule has 0 spiro atoms. The fourth-order valence-corrected chi connectivity index (χ4v) is 3.28. The molecular weight excluding hydrogens is 358 g/mol. The van der Waals surface area contributed by atoms with Crippen molar-refractivity contribution in [3.05, 3.63) is 95.1 Å².